The molecule has 1 saturated heterocycles. The molecule has 3 heterocycles. The number of para-hydroxylation sites is 1. The fourth-order valence-corrected chi connectivity index (χ4v) is 4.50. The van der Waals surface area contributed by atoms with E-state index in [4.69, 9.17) is 11.6 Å². The molecule has 0 aliphatic carbocycles. The second-order valence-corrected chi connectivity index (χ2v) is 7.98. The Labute approximate surface area is 178 Å². The number of nitrogens with one attached hydrogen (secondary N) is 2. The lowest BCUT2D eigenvalue weighted by atomic mass is 10.1. The molecule has 0 unspecified atom stereocenters. The summed E-state index contributed by atoms with van der Waals surface area (Å²) < 4.78 is 0. The molecule has 0 bridgehead atoms. The van der Waals surface area contributed by atoms with Crippen molar-refractivity contribution in [2.45, 2.75) is 6.42 Å². The molecular formula is C23H21ClN4O2. The first-order valence-electron chi connectivity index (χ1n) is 9.99. The summed E-state index contributed by atoms with van der Waals surface area (Å²) in [5.74, 6) is 0.0537. The molecule has 30 heavy (non-hydrogen) atoms. The Morgan fingerprint density at radius 2 is 1.57 bits per heavy atom. The molecule has 2 amide bonds. The molecule has 5 rings (SSSR count). The number of hydrogen-bond acceptors (Lipinski definition) is 2. The van der Waals surface area contributed by atoms with Crippen LogP contribution in [0, 0.1) is 0 Å². The third-order valence-electron chi connectivity index (χ3n) is 5.82. The number of carbonyl (C=O) groups is 2. The van der Waals surface area contributed by atoms with E-state index in [0.29, 0.717) is 43.2 Å². The van der Waals surface area contributed by atoms with Crippen molar-refractivity contribution in [1.29, 1.82) is 0 Å². The Hall–Kier alpha value is -3.25. The van der Waals surface area contributed by atoms with Gasteiger partial charge in [-0.2, -0.15) is 0 Å². The van der Waals surface area contributed by atoms with Gasteiger partial charge >= 0.3 is 0 Å². The maximum absolute atomic E-state index is 13.0. The molecule has 4 aromatic rings. The van der Waals surface area contributed by atoms with Crippen LogP contribution in [0.1, 0.15) is 15.9 Å². The van der Waals surface area contributed by atoms with Crippen molar-refractivity contribution < 1.29 is 9.59 Å². The van der Waals surface area contributed by atoms with E-state index < -0.39 is 0 Å². The number of carbonyl (C=O) groups excluding carboxylic acids is 2. The summed E-state index contributed by atoms with van der Waals surface area (Å²) in [5, 5.41) is 2.48. The predicted octanol–water partition coefficient (Wildman–Crippen LogP) is 3.83. The number of aromatic amines is 2. The Bertz CT molecular complexity index is 1250. The fourth-order valence-electron chi connectivity index (χ4n) is 4.20. The molecule has 152 valence electrons. The minimum Gasteiger partial charge on any atom is -0.361 e. The average molecular weight is 421 g/mol. The number of rotatable bonds is 3. The zero-order valence-electron chi connectivity index (χ0n) is 16.3. The summed E-state index contributed by atoms with van der Waals surface area (Å²) in [6.45, 7) is 2.11. The summed E-state index contributed by atoms with van der Waals surface area (Å²) in [7, 11) is 0. The summed E-state index contributed by atoms with van der Waals surface area (Å²) in [4.78, 5) is 35.8. The van der Waals surface area contributed by atoms with Crippen molar-refractivity contribution in [2.75, 3.05) is 26.2 Å². The lowest BCUT2D eigenvalue weighted by molar-refractivity contribution is -0.131. The molecule has 2 N–H and O–H groups in total. The summed E-state index contributed by atoms with van der Waals surface area (Å²) in [6.07, 6.45) is 3.91. The van der Waals surface area contributed by atoms with Gasteiger partial charge in [-0.05, 0) is 23.8 Å². The van der Waals surface area contributed by atoms with E-state index in [1.54, 1.807) is 6.20 Å². The van der Waals surface area contributed by atoms with E-state index >= 15 is 0 Å². The van der Waals surface area contributed by atoms with Gasteiger partial charge in [-0.1, -0.05) is 35.9 Å². The van der Waals surface area contributed by atoms with Gasteiger partial charge in [0.2, 0.25) is 5.91 Å². The molecule has 1 aliphatic heterocycles. The Morgan fingerprint density at radius 3 is 2.40 bits per heavy atom. The van der Waals surface area contributed by atoms with Gasteiger partial charge < -0.3 is 19.8 Å². The van der Waals surface area contributed by atoms with Gasteiger partial charge in [0.1, 0.15) is 0 Å². The van der Waals surface area contributed by atoms with E-state index in [0.717, 1.165) is 27.4 Å². The number of H-pyrrole nitrogens is 2. The highest BCUT2D eigenvalue weighted by atomic mass is 35.5. The van der Waals surface area contributed by atoms with Crippen molar-refractivity contribution in [3.05, 3.63) is 71.0 Å². The van der Waals surface area contributed by atoms with E-state index in [1.807, 2.05) is 58.5 Å². The molecule has 6 nitrogen and oxygen atoms in total. The largest absolute Gasteiger partial charge is 0.361 e. The van der Waals surface area contributed by atoms with Crippen LogP contribution in [-0.2, 0) is 11.2 Å². The third kappa shape index (κ3) is 3.23. The van der Waals surface area contributed by atoms with Crippen molar-refractivity contribution >= 4 is 45.2 Å². The van der Waals surface area contributed by atoms with Crippen LogP contribution in [0.15, 0.2) is 54.9 Å². The van der Waals surface area contributed by atoms with E-state index in [2.05, 4.69) is 9.97 Å². The second kappa shape index (κ2) is 7.54. The number of benzene rings is 2. The third-order valence-corrected chi connectivity index (χ3v) is 6.13. The zero-order chi connectivity index (χ0) is 20.7. The number of amides is 2. The van der Waals surface area contributed by atoms with Crippen molar-refractivity contribution in [3.63, 3.8) is 0 Å². The number of fused-ring (bicyclic) bond motifs is 2. The van der Waals surface area contributed by atoms with E-state index in [9.17, 15) is 9.59 Å². The highest BCUT2D eigenvalue weighted by Crippen LogP contribution is 2.27. The van der Waals surface area contributed by atoms with Gasteiger partial charge in [0.15, 0.2) is 0 Å². The first-order valence-corrected chi connectivity index (χ1v) is 10.4. The molecule has 0 spiro atoms. The highest BCUT2D eigenvalue weighted by molar-refractivity contribution is 6.35. The second-order valence-electron chi connectivity index (χ2n) is 7.57. The minimum atomic E-state index is 0.00274. The Balaban J connectivity index is 1.25. The summed E-state index contributed by atoms with van der Waals surface area (Å²) in [5.41, 5.74) is 3.46. The lowest BCUT2D eigenvalue weighted by Crippen LogP contribution is -2.51. The summed E-state index contributed by atoms with van der Waals surface area (Å²) in [6, 6.07) is 13.4. The Morgan fingerprint density at radius 1 is 0.867 bits per heavy atom. The van der Waals surface area contributed by atoms with Crippen LogP contribution >= 0.6 is 11.6 Å². The molecule has 0 radical (unpaired) electrons. The molecule has 0 atom stereocenters. The van der Waals surface area contributed by atoms with Crippen LogP contribution in [0.5, 0.6) is 0 Å². The predicted molar refractivity (Wildman–Crippen MR) is 118 cm³/mol. The standard InChI is InChI=1S/C23H21ClN4O2/c24-18-5-3-7-20-22(18)15(13-25-20)12-21(29)27-8-10-28(11-9-27)23(30)17-14-26-19-6-2-1-4-16(17)19/h1-7,13-14,25-26H,8-12H2. The molecule has 0 saturated carbocycles. The fraction of sp³-hybridized carbons (Fsp3) is 0.217. The maximum atomic E-state index is 13.0. The number of nitrogens with zero attached hydrogens (tertiary/aromatic N) is 2. The van der Waals surface area contributed by atoms with Crippen LogP contribution in [0.2, 0.25) is 5.02 Å². The molecular weight excluding hydrogens is 400 g/mol. The minimum absolute atomic E-state index is 0.00274. The highest BCUT2D eigenvalue weighted by Gasteiger charge is 2.26. The molecule has 1 fully saturated rings. The molecule has 2 aromatic heterocycles. The van der Waals surface area contributed by atoms with Crippen LogP contribution < -0.4 is 0 Å². The van der Waals surface area contributed by atoms with E-state index in [1.165, 1.54) is 0 Å². The zero-order valence-corrected chi connectivity index (χ0v) is 17.1. The first kappa shape index (κ1) is 18.8. The van der Waals surface area contributed by atoms with Crippen LogP contribution in [-0.4, -0.2) is 57.8 Å². The van der Waals surface area contributed by atoms with Gasteiger partial charge in [0, 0.05) is 60.4 Å². The van der Waals surface area contributed by atoms with Gasteiger partial charge in [-0.3, -0.25) is 9.59 Å². The van der Waals surface area contributed by atoms with Gasteiger partial charge in [-0.15, -0.1) is 0 Å². The first-order chi connectivity index (χ1) is 14.6. The molecule has 2 aromatic carbocycles. The van der Waals surface area contributed by atoms with Gasteiger partial charge in [-0.25, -0.2) is 0 Å². The van der Waals surface area contributed by atoms with Crippen molar-refractivity contribution in [3.8, 4) is 0 Å². The van der Waals surface area contributed by atoms with Crippen molar-refractivity contribution in [2.24, 2.45) is 0 Å². The summed E-state index contributed by atoms with van der Waals surface area (Å²) >= 11 is 6.33. The normalized spacial score (nSPS) is 14.6. The van der Waals surface area contributed by atoms with Gasteiger partial charge in [0.25, 0.3) is 5.91 Å². The molecule has 7 heteroatoms. The quantitative estimate of drug-likeness (QED) is 0.528. The van der Waals surface area contributed by atoms with E-state index in [-0.39, 0.29) is 11.8 Å². The van der Waals surface area contributed by atoms with Crippen LogP contribution in [0.4, 0.5) is 0 Å². The van der Waals surface area contributed by atoms with Crippen LogP contribution in [0.25, 0.3) is 21.8 Å². The smallest absolute Gasteiger partial charge is 0.256 e. The monoisotopic (exact) mass is 420 g/mol. The van der Waals surface area contributed by atoms with Crippen molar-refractivity contribution in [1.82, 2.24) is 19.8 Å². The topological polar surface area (TPSA) is 72.2 Å². The van der Waals surface area contributed by atoms with Gasteiger partial charge in [0.05, 0.1) is 17.0 Å². The SMILES string of the molecule is O=C(Cc1c[nH]c2cccc(Cl)c12)N1CCN(C(=O)c2c[nH]c3ccccc23)CC1. The Kier molecular flexibility index (Phi) is 4.71. The number of aromatic nitrogens is 2. The van der Waals surface area contributed by atoms with Crippen LogP contribution in [0.3, 0.4) is 0 Å². The number of halogens is 1. The lowest BCUT2D eigenvalue weighted by Gasteiger charge is -2.34. The number of piperazine rings is 1. The average Bonchev–Trinajstić information content (AvgIpc) is 3.38. The maximum Gasteiger partial charge on any atom is 0.256 e. The number of hydrogen-bond donors (Lipinski definition) is 2. The molecule has 1 aliphatic rings.